The topological polar surface area (TPSA) is 56.1 Å². The fraction of sp³-hybridized carbons (Fsp3) is 0.500. The molecule has 1 saturated carbocycles. The predicted octanol–water partition coefficient (Wildman–Crippen LogP) is 3.87. The van der Waals surface area contributed by atoms with E-state index in [0.29, 0.717) is 17.5 Å². The van der Waals surface area contributed by atoms with E-state index in [-0.39, 0.29) is 12.0 Å². The molecule has 0 radical (unpaired) electrons. The van der Waals surface area contributed by atoms with Crippen molar-refractivity contribution in [1.82, 2.24) is 15.1 Å². The summed E-state index contributed by atoms with van der Waals surface area (Å²) in [5.74, 6) is 0.358. The number of amides is 1. The first kappa shape index (κ1) is 17.6. The van der Waals surface area contributed by atoms with Crippen LogP contribution in [0.3, 0.4) is 0 Å². The molecule has 6 heteroatoms. The van der Waals surface area contributed by atoms with Crippen LogP contribution in [-0.2, 0) is 11.2 Å². The minimum absolute atomic E-state index is 0.0347. The number of ether oxygens (including phenoxy) is 1. The summed E-state index contributed by atoms with van der Waals surface area (Å²) in [5, 5.41) is 8.56. The third-order valence-electron chi connectivity index (χ3n) is 5.10. The van der Waals surface area contributed by atoms with E-state index in [1.807, 2.05) is 28.9 Å². The molecule has 1 unspecified atom stereocenters. The Hall–Kier alpha value is -1.85. The van der Waals surface area contributed by atoms with Gasteiger partial charge in [-0.2, -0.15) is 5.10 Å². The van der Waals surface area contributed by atoms with Crippen molar-refractivity contribution in [3.05, 3.63) is 46.2 Å². The van der Waals surface area contributed by atoms with Crippen LogP contribution in [0, 0.1) is 0 Å². The predicted molar refractivity (Wildman–Crippen MR) is 101 cm³/mol. The van der Waals surface area contributed by atoms with E-state index in [1.165, 1.54) is 0 Å². The largest absolute Gasteiger partial charge is 0.376 e. The lowest BCUT2D eigenvalue weighted by Crippen LogP contribution is -2.32. The van der Waals surface area contributed by atoms with E-state index in [1.54, 1.807) is 0 Å². The molecule has 1 amide bonds. The van der Waals surface area contributed by atoms with Gasteiger partial charge in [0.25, 0.3) is 5.91 Å². The lowest BCUT2D eigenvalue weighted by atomic mass is 10.1. The summed E-state index contributed by atoms with van der Waals surface area (Å²) in [4.78, 5) is 13.0. The Bertz CT molecular complexity index is 807. The van der Waals surface area contributed by atoms with Crippen LogP contribution in [0.5, 0.6) is 0 Å². The Morgan fingerprint density at radius 3 is 2.88 bits per heavy atom. The summed E-state index contributed by atoms with van der Waals surface area (Å²) in [6, 6.07) is 7.62. The van der Waals surface area contributed by atoms with Gasteiger partial charge in [0.15, 0.2) is 0 Å². The molecule has 1 aliphatic heterocycles. The van der Waals surface area contributed by atoms with Crippen LogP contribution in [0.15, 0.2) is 24.3 Å². The van der Waals surface area contributed by atoms with Crippen molar-refractivity contribution >= 4 is 17.5 Å². The zero-order valence-corrected chi connectivity index (χ0v) is 15.8. The van der Waals surface area contributed by atoms with Crippen molar-refractivity contribution in [3.63, 3.8) is 0 Å². The maximum absolute atomic E-state index is 13.0. The fourth-order valence-corrected chi connectivity index (χ4v) is 3.79. The second kappa shape index (κ2) is 7.41. The first-order chi connectivity index (χ1) is 12.7. The number of hydrogen-bond donors (Lipinski definition) is 1. The number of halogens is 1. The fourth-order valence-electron chi connectivity index (χ4n) is 3.61. The molecule has 1 aromatic carbocycles. The molecule has 138 valence electrons. The van der Waals surface area contributed by atoms with Gasteiger partial charge in [-0.3, -0.25) is 4.79 Å². The molecule has 2 heterocycles. The second-order valence-corrected chi connectivity index (χ2v) is 7.51. The zero-order valence-electron chi connectivity index (χ0n) is 15.0. The van der Waals surface area contributed by atoms with Crippen molar-refractivity contribution in [1.29, 1.82) is 0 Å². The molecule has 5 nitrogen and oxygen atoms in total. The monoisotopic (exact) mass is 373 g/mol. The molecule has 2 fully saturated rings. The molecule has 2 aliphatic rings. The molecule has 1 aromatic heterocycles. The number of benzene rings is 1. The van der Waals surface area contributed by atoms with Gasteiger partial charge in [0.2, 0.25) is 0 Å². The number of carbonyl (C=O) groups is 1. The summed E-state index contributed by atoms with van der Waals surface area (Å²) >= 11 is 6.16. The average molecular weight is 374 g/mol. The number of nitrogens with one attached hydrogen (secondary N) is 1. The Labute approximate surface area is 158 Å². The molecule has 1 saturated heterocycles. The summed E-state index contributed by atoms with van der Waals surface area (Å²) in [6.45, 7) is 3.42. The van der Waals surface area contributed by atoms with Crippen molar-refractivity contribution in [2.75, 3.05) is 13.2 Å². The van der Waals surface area contributed by atoms with Gasteiger partial charge in [-0.15, -0.1) is 0 Å². The van der Waals surface area contributed by atoms with Gasteiger partial charge in [-0.1, -0.05) is 24.6 Å². The van der Waals surface area contributed by atoms with Gasteiger partial charge in [-0.25, -0.2) is 4.68 Å². The number of carbonyl (C=O) groups excluding carboxylic acids is 1. The highest BCUT2D eigenvalue weighted by Gasteiger charge is 2.34. The van der Waals surface area contributed by atoms with Gasteiger partial charge in [0, 0.05) is 24.1 Å². The Morgan fingerprint density at radius 2 is 2.23 bits per heavy atom. The third-order valence-corrected chi connectivity index (χ3v) is 5.34. The molecular weight excluding hydrogens is 350 g/mol. The smallest absolute Gasteiger partial charge is 0.255 e. The van der Waals surface area contributed by atoms with Crippen molar-refractivity contribution in [3.8, 4) is 5.69 Å². The maximum atomic E-state index is 13.0. The molecule has 1 N–H and O–H groups in total. The summed E-state index contributed by atoms with van der Waals surface area (Å²) in [5.41, 5.74) is 3.51. The normalized spacial score (nSPS) is 19.7. The molecule has 0 spiro atoms. The van der Waals surface area contributed by atoms with E-state index in [0.717, 1.165) is 61.3 Å². The van der Waals surface area contributed by atoms with Gasteiger partial charge in [0.1, 0.15) is 0 Å². The standard InChI is InChI=1S/C20H24ClN3O2/c1-2-17-18(20(25)22-12-16-7-4-10-26-16)19(13-8-9-13)23-24(17)15-6-3-5-14(21)11-15/h3,5-6,11,13,16H,2,4,7-10,12H2,1H3,(H,22,25). The molecule has 0 bridgehead atoms. The molecular formula is C20H24ClN3O2. The van der Waals surface area contributed by atoms with Gasteiger partial charge in [0.05, 0.1) is 28.7 Å². The molecule has 26 heavy (non-hydrogen) atoms. The van der Waals surface area contributed by atoms with Crippen LogP contribution < -0.4 is 5.32 Å². The summed E-state index contributed by atoms with van der Waals surface area (Å²) in [6.07, 6.45) is 5.15. The van der Waals surface area contributed by atoms with E-state index < -0.39 is 0 Å². The van der Waals surface area contributed by atoms with Gasteiger partial charge < -0.3 is 10.1 Å². The molecule has 1 aliphatic carbocycles. The van der Waals surface area contributed by atoms with Crippen molar-refractivity contribution in [2.24, 2.45) is 0 Å². The van der Waals surface area contributed by atoms with Crippen LogP contribution in [0.4, 0.5) is 0 Å². The highest BCUT2D eigenvalue weighted by molar-refractivity contribution is 6.30. The highest BCUT2D eigenvalue weighted by Crippen LogP contribution is 2.42. The maximum Gasteiger partial charge on any atom is 0.255 e. The average Bonchev–Trinajstić information content (AvgIpc) is 3.21. The summed E-state index contributed by atoms with van der Waals surface area (Å²) < 4.78 is 7.51. The second-order valence-electron chi connectivity index (χ2n) is 7.07. The zero-order chi connectivity index (χ0) is 18.1. The van der Waals surface area contributed by atoms with Crippen LogP contribution in [0.25, 0.3) is 5.69 Å². The first-order valence-corrected chi connectivity index (χ1v) is 9.82. The van der Waals surface area contributed by atoms with E-state index in [9.17, 15) is 4.79 Å². The van der Waals surface area contributed by atoms with E-state index in [2.05, 4.69) is 12.2 Å². The number of rotatable bonds is 6. The number of hydrogen-bond acceptors (Lipinski definition) is 3. The highest BCUT2D eigenvalue weighted by atomic mass is 35.5. The SMILES string of the molecule is CCc1c(C(=O)NCC2CCCO2)c(C2CC2)nn1-c1cccc(Cl)c1. The van der Waals surface area contributed by atoms with Crippen molar-refractivity contribution < 1.29 is 9.53 Å². The number of aromatic nitrogens is 2. The number of nitrogens with zero attached hydrogens (tertiary/aromatic N) is 2. The molecule has 1 atom stereocenters. The minimum atomic E-state index is -0.0347. The Kier molecular flexibility index (Phi) is 5.00. The third kappa shape index (κ3) is 3.51. The van der Waals surface area contributed by atoms with Gasteiger partial charge >= 0.3 is 0 Å². The van der Waals surface area contributed by atoms with Crippen LogP contribution in [0.2, 0.25) is 5.02 Å². The van der Waals surface area contributed by atoms with Crippen LogP contribution >= 0.6 is 11.6 Å². The first-order valence-electron chi connectivity index (χ1n) is 9.45. The lowest BCUT2D eigenvalue weighted by Gasteiger charge is -2.12. The van der Waals surface area contributed by atoms with Crippen LogP contribution in [-0.4, -0.2) is 34.9 Å². The van der Waals surface area contributed by atoms with Crippen LogP contribution in [0.1, 0.15) is 60.3 Å². The van der Waals surface area contributed by atoms with Crippen molar-refractivity contribution in [2.45, 2.75) is 51.0 Å². The van der Waals surface area contributed by atoms with E-state index in [4.69, 9.17) is 21.4 Å². The Balaban J connectivity index is 1.67. The lowest BCUT2D eigenvalue weighted by molar-refractivity contribution is 0.0856. The minimum Gasteiger partial charge on any atom is -0.376 e. The molecule has 2 aromatic rings. The quantitative estimate of drug-likeness (QED) is 0.836. The Morgan fingerprint density at radius 1 is 1.38 bits per heavy atom. The van der Waals surface area contributed by atoms with E-state index >= 15 is 0 Å². The summed E-state index contributed by atoms with van der Waals surface area (Å²) in [7, 11) is 0. The molecule has 4 rings (SSSR count). The van der Waals surface area contributed by atoms with Gasteiger partial charge in [-0.05, 0) is 50.3 Å².